The Labute approximate surface area is 81.1 Å². The summed E-state index contributed by atoms with van der Waals surface area (Å²) in [5, 5.41) is 0. The first-order chi connectivity index (χ1) is 5.52. The van der Waals surface area contributed by atoms with Crippen LogP contribution in [-0.4, -0.2) is 9.55 Å². The number of nitrogen functional groups attached to an aromatic ring is 1. The molecule has 1 heterocycles. The van der Waals surface area contributed by atoms with Crippen LogP contribution in [-0.2, 0) is 13.5 Å². The van der Waals surface area contributed by atoms with E-state index in [-0.39, 0.29) is 0 Å². The summed E-state index contributed by atoms with van der Waals surface area (Å²) in [6.45, 7) is 4.33. The first kappa shape index (κ1) is 9.58. The SMILES string of the molecule is CC(C)Cc1nc(N)n(C)c1Br. The fraction of sp³-hybridized carbons (Fsp3) is 0.625. The Morgan fingerprint density at radius 2 is 2.17 bits per heavy atom. The predicted octanol–water partition coefficient (Wildman–Crippen LogP) is 1.96. The van der Waals surface area contributed by atoms with E-state index >= 15 is 0 Å². The van der Waals surface area contributed by atoms with Crippen LogP contribution in [0, 0.1) is 5.92 Å². The number of anilines is 1. The van der Waals surface area contributed by atoms with Crippen molar-refractivity contribution in [2.24, 2.45) is 13.0 Å². The summed E-state index contributed by atoms with van der Waals surface area (Å²) in [5.41, 5.74) is 6.69. The summed E-state index contributed by atoms with van der Waals surface area (Å²) < 4.78 is 2.84. The highest BCUT2D eigenvalue weighted by atomic mass is 79.9. The Morgan fingerprint density at radius 1 is 1.58 bits per heavy atom. The second kappa shape index (κ2) is 3.47. The van der Waals surface area contributed by atoms with Gasteiger partial charge in [0.1, 0.15) is 4.60 Å². The van der Waals surface area contributed by atoms with Gasteiger partial charge in [-0.25, -0.2) is 4.98 Å². The number of nitrogens with two attached hydrogens (primary N) is 1. The van der Waals surface area contributed by atoms with Gasteiger partial charge in [0.2, 0.25) is 5.95 Å². The van der Waals surface area contributed by atoms with Crippen molar-refractivity contribution >= 4 is 21.9 Å². The van der Waals surface area contributed by atoms with E-state index in [1.807, 2.05) is 11.6 Å². The first-order valence-corrected chi connectivity index (χ1v) is 4.78. The number of hydrogen-bond donors (Lipinski definition) is 1. The van der Waals surface area contributed by atoms with Crippen molar-refractivity contribution in [3.63, 3.8) is 0 Å². The van der Waals surface area contributed by atoms with Crippen molar-refractivity contribution in [3.05, 3.63) is 10.3 Å². The van der Waals surface area contributed by atoms with Crippen molar-refractivity contribution in [1.82, 2.24) is 9.55 Å². The maximum absolute atomic E-state index is 5.64. The Hall–Kier alpha value is -0.510. The fourth-order valence-electron chi connectivity index (χ4n) is 1.07. The zero-order valence-corrected chi connectivity index (χ0v) is 9.22. The highest BCUT2D eigenvalue weighted by Crippen LogP contribution is 2.21. The van der Waals surface area contributed by atoms with E-state index in [1.54, 1.807) is 0 Å². The zero-order chi connectivity index (χ0) is 9.30. The summed E-state index contributed by atoms with van der Waals surface area (Å²) in [6.07, 6.45) is 0.964. The van der Waals surface area contributed by atoms with Crippen LogP contribution in [0.1, 0.15) is 19.5 Å². The van der Waals surface area contributed by atoms with E-state index in [1.165, 1.54) is 0 Å². The van der Waals surface area contributed by atoms with Crippen LogP contribution in [0.5, 0.6) is 0 Å². The molecule has 0 fully saturated rings. The Kier molecular flexibility index (Phi) is 2.77. The Morgan fingerprint density at radius 3 is 2.50 bits per heavy atom. The Balaban J connectivity index is 2.93. The molecular formula is C8H14BrN3. The quantitative estimate of drug-likeness (QED) is 0.847. The summed E-state index contributed by atoms with van der Waals surface area (Å²) in [5.74, 6) is 1.17. The summed E-state index contributed by atoms with van der Waals surface area (Å²) in [4.78, 5) is 4.24. The van der Waals surface area contributed by atoms with Crippen LogP contribution in [0.2, 0.25) is 0 Å². The van der Waals surface area contributed by atoms with E-state index in [0.717, 1.165) is 16.7 Å². The van der Waals surface area contributed by atoms with Crippen molar-refractivity contribution in [2.75, 3.05) is 5.73 Å². The number of imidazole rings is 1. The smallest absolute Gasteiger partial charge is 0.201 e. The molecule has 68 valence electrons. The van der Waals surface area contributed by atoms with Crippen molar-refractivity contribution in [2.45, 2.75) is 20.3 Å². The molecule has 0 saturated heterocycles. The molecule has 0 aliphatic carbocycles. The summed E-state index contributed by atoms with van der Waals surface area (Å²) >= 11 is 3.45. The van der Waals surface area contributed by atoms with Gasteiger partial charge in [-0.2, -0.15) is 0 Å². The van der Waals surface area contributed by atoms with E-state index in [4.69, 9.17) is 5.73 Å². The van der Waals surface area contributed by atoms with Gasteiger partial charge in [-0.15, -0.1) is 0 Å². The molecule has 0 aromatic carbocycles. The lowest BCUT2D eigenvalue weighted by Crippen LogP contribution is -1.96. The molecular weight excluding hydrogens is 218 g/mol. The highest BCUT2D eigenvalue weighted by Gasteiger charge is 2.10. The standard InChI is InChI=1S/C8H14BrN3/c1-5(2)4-6-7(9)12(3)8(10)11-6/h5H,4H2,1-3H3,(H2,10,11). The van der Waals surface area contributed by atoms with Crippen LogP contribution in [0.3, 0.4) is 0 Å². The highest BCUT2D eigenvalue weighted by molar-refractivity contribution is 9.10. The van der Waals surface area contributed by atoms with Gasteiger partial charge in [-0.05, 0) is 28.3 Å². The average molecular weight is 232 g/mol. The molecule has 12 heavy (non-hydrogen) atoms. The number of hydrogen-bond acceptors (Lipinski definition) is 2. The maximum atomic E-state index is 5.64. The number of aromatic nitrogens is 2. The predicted molar refractivity (Wildman–Crippen MR) is 53.9 cm³/mol. The maximum Gasteiger partial charge on any atom is 0.201 e. The third-order valence-electron chi connectivity index (χ3n) is 1.73. The van der Waals surface area contributed by atoms with Crippen LogP contribution in [0.15, 0.2) is 4.60 Å². The van der Waals surface area contributed by atoms with E-state index in [9.17, 15) is 0 Å². The van der Waals surface area contributed by atoms with E-state index in [0.29, 0.717) is 11.9 Å². The lowest BCUT2D eigenvalue weighted by atomic mass is 10.1. The molecule has 0 aliphatic heterocycles. The third-order valence-corrected chi connectivity index (χ3v) is 2.72. The second-order valence-corrected chi connectivity index (χ2v) is 4.12. The van der Waals surface area contributed by atoms with E-state index in [2.05, 4.69) is 34.8 Å². The van der Waals surface area contributed by atoms with Gasteiger partial charge in [-0.3, -0.25) is 0 Å². The minimum atomic E-state index is 0.567. The molecule has 1 aromatic heterocycles. The third kappa shape index (κ3) is 1.80. The van der Waals surface area contributed by atoms with Gasteiger partial charge >= 0.3 is 0 Å². The normalized spacial score (nSPS) is 11.1. The number of nitrogens with zero attached hydrogens (tertiary/aromatic N) is 2. The molecule has 1 aromatic rings. The first-order valence-electron chi connectivity index (χ1n) is 3.99. The van der Waals surface area contributed by atoms with Crippen LogP contribution in [0.25, 0.3) is 0 Å². The van der Waals surface area contributed by atoms with Crippen LogP contribution in [0.4, 0.5) is 5.95 Å². The molecule has 0 bridgehead atoms. The monoisotopic (exact) mass is 231 g/mol. The molecule has 0 radical (unpaired) electrons. The van der Waals surface area contributed by atoms with Crippen molar-refractivity contribution in [3.8, 4) is 0 Å². The molecule has 0 atom stereocenters. The number of halogens is 1. The summed E-state index contributed by atoms with van der Waals surface area (Å²) in [6, 6.07) is 0. The van der Waals surface area contributed by atoms with E-state index < -0.39 is 0 Å². The van der Waals surface area contributed by atoms with Gasteiger partial charge in [0, 0.05) is 7.05 Å². The topological polar surface area (TPSA) is 43.8 Å². The molecule has 0 spiro atoms. The minimum Gasteiger partial charge on any atom is -0.369 e. The second-order valence-electron chi connectivity index (χ2n) is 3.36. The fourth-order valence-corrected chi connectivity index (χ4v) is 1.50. The van der Waals surface area contributed by atoms with Crippen molar-refractivity contribution < 1.29 is 0 Å². The zero-order valence-electron chi connectivity index (χ0n) is 7.63. The molecule has 0 amide bonds. The molecule has 0 aliphatic rings. The molecule has 4 heteroatoms. The lowest BCUT2D eigenvalue weighted by Gasteiger charge is -2.01. The van der Waals surface area contributed by atoms with Gasteiger partial charge in [0.25, 0.3) is 0 Å². The lowest BCUT2D eigenvalue weighted by molar-refractivity contribution is 0.635. The van der Waals surface area contributed by atoms with Gasteiger partial charge < -0.3 is 10.3 Å². The largest absolute Gasteiger partial charge is 0.369 e. The van der Waals surface area contributed by atoms with Gasteiger partial charge in [0.15, 0.2) is 0 Å². The Bertz CT molecular complexity index is 278. The van der Waals surface area contributed by atoms with Crippen LogP contribution < -0.4 is 5.73 Å². The minimum absolute atomic E-state index is 0.567. The van der Waals surface area contributed by atoms with Gasteiger partial charge in [-0.1, -0.05) is 13.8 Å². The molecule has 2 N–H and O–H groups in total. The summed E-state index contributed by atoms with van der Waals surface area (Å²) in [7, 11) is 1.90. The van der Waals surface area contributed by atoms with Gasteiger partial charge in [0.05, 0.1) is 5.69 Å². The van der Waals surface area contributed by atoms with Crippen molar-refractivity contribution in [1.29, 1.82) is 0 Å². The average Bonchev–Trinajstić information content (AvgIpc) is 2.17. The molecule has 1 rings (SSSR count). The molecule has 0 saturated carbocycles. The number of rotatable bonds is 2. The molecule has 0 unspecified atom stereocenters. The van der Waals surface area contributed by atoms with Crippen LogP contribution >= 0.6 is 15.9 Å². The molecule has 3 nitrogen and oxygen atoms in total.